The molecule has 0 bridgehead atoms. The third-order valence-electron chi connectivity index (χ3n) is 4.21. The molecule has 0 aliphatic rings. The van der Waals surface area contributed by atoms with E-state index in [4.69, 9.17) is 5.26 Å². The first-order valence-corrected chi connectivity index (χ1v) is 9.76. The van der Waals surface area contributed by atoms with Crippen LogP contribution in [0.15, 0.2) is 53.4 Å². The third-order valence-corrected chi connectivity index (χ3v) is 6.02. The Bertz CT molecular complexity index is 1030. The molecule has 0 radical (unpaired) electrons. The highest BCUT2D eigenvalue weighted by atomic mass is 32.2. The smallest absolute Gasteiger partial charge is 0.340 e. The molecule has 154 valence electrons. The van der Waals surface area contributed by atoms with Gasteiger partial charge in [0, 0.05) is 20.6 Å². The minimum atomic E-state index is -4.56. The Labute approximate surface area is 166 Å². The largest absolute Gasteiger partial charge is 0.416 e. The molecule has 2 aromatic carbocycles. The second kappa shape index (κ2) is 8.63. The Morgan fingerprint density at radius 1 is 1.07 bits per heavy atom. The van der Waals surface area contributed by atoms with Crippen molar-refractivity contribution in [3.05, 3.63) is 65.2 Å². The average molecular weight is 425 g/mol. The molecule has 10 heteroatoms. The SMILES string of the molecule is CN(Cc1ccccc1C(F)(F)F)C(=O)CN(C)S(=O)(=O)c1ccc(C#N)cc1. The van der Waals surface area contributed by atoms with Crippen LogP contribution in [-0.2, 0) is 27.5 Å². The van der Waals surface area contributed by atoms with Crippen molar-refractivity contribution >= 4 is 15.9 Å². The second-order valence-corrected chi connectivity index (χ2v) is 8.35. The number of rotatable bonds is 6. The summed E-state index contributed by atoms with van der Waals surface area (Å²) in [5, 5.41) is 8.78. The lowest BCUT2D eigenvalue weighted by Gasteiger charge is -2.23. The molecule has 0 atom stereocenters. The molecule has 0 aliphatic heterocycles. The number of nitrogens with zero attached hydrogens (tertiary/aromatic N) is 3. The van der Waals surface area contributed by atoms with Crippen molar-refractivity contribution < 1.29 is 26.4 Å². The van der Waals surface area contributed by atoms with E-state index < -0.39 is 34.2 Å². The number of amides is 1. The minimum Gasteiger partial charge on any atom is -0.340 e. The second-order valence-electron chi connectivity index (χ2n) is 6.30. The van der Waals surface area contributed by atoms with Gasteiger partial charge in [-0.3, -0.25) is 4.79 Å². The Morgan fingerprint density at radius 3 is 2.21 bits per heavy atom. The van der Waals surface area contributed by atoms with Crippen molar-refractivity contribution in [2.75, 3.05) is 20.6 Å². The van der Waals surface area contributed by atoms with Gasteiger partial charge in [0.25, 0.3) is 0 Å². The Morgan fingerprint density at radius 2 is 1.66 bits per heavy atom. The summed E-state index contributed by atoms with van der Waals surface area (Å²) in [5.74, 6) is -0.665. The van der Waals surface area contributed by atoms with Crippen molar-refractivity contribution in [2.45, 2.75) is 17.6 Å². The van der Waals surface area contributed by atoms with E-state index >= 15 is 0 Å². The lowest BCUT2D eigenvalue weighted by atomic mass is 10.1. The van der Waals surface area contributed by atoms with Gasteiger partial charge in [-0.15, -0.1) is 0 Å². The van der Waals surface area contributed by atoms with Gasteiger partial charge in [-0.25, -0.2) is 8.42 Å². The summed E-state index contributed by atoms with van der Waals surface area (Å²) in [6.45, 7) is -0.869. The fourth-order valence-electron chi connectivity index (χ4n) is 2.56. The number of carbonyl (C=O) groups excluding carboxylic acids is 1. The van der Waals surface area contributed by atoms with Gasteiger partial charge in [0.05, 0.1) is 28.6 Å². The van der Waals surface area contributed by atoms with E-state index in [1.165, 1.54) is 56.6 Å². The van der Waals surface area contributed by atoms with Crippen LogP contribution in [0.2, 0.25) is 0 Å². The molecule has 0 saturated heterocycles. The zero-order chi connectivity index (χ0) is 21.8. The Kier molecular flexibility index (Phi) is 6.66. The molecular formula is C19H18F3N3O3S. The standard InChI is InChI=1S/C19H18F3N3O3S/c1-24(12-15-5-3-4-6-17(15)19(20,21)22)18(26)13-25(2)29(27,28)16-9-7-14(11-23)8-10-16/h3-10H,12-13H2,1-2H3. The van der Waals surface area contributed by atoms with Crippen LogP contribution in [0.1, 0.15) is 16.7 Å². The molecule has 6 nitrogen and oxygen atoms in total. The van der Waals surface area contributed by atoms with E-state index in [-0.39, 0.29) is 22.6 Å². The molecule has 2 aromatic rings. The molecule has 1 amide bonds. The van der Waals surface area contributed by atoms with E-state index in [0.717, 1.165) is 15.3 Å². The Hall–Kier alpha value is -2.90. The number of halogens is 3. The zero-order valence-corrected chi connectivity index (χ0v) is 16.5. The molecule has 0 N–H and O–H groups in total. The third kappa shape index (κ3) is 5.34. The normalized spacial score (nSPS) is 11.9. The summed E-state index contributed by atoms with van der Waals surface area (Å²) in [6, 6.07) is 11.9. The van der Waals surface area contributed by atoms with Crippen molar-refractivity contribution in [1.82, 2.24) is 9.21 Å². The lowest BCUT2D eigenvalue weighted by molar-refractivity contribution is -0.139. The molecule has 0 spiro atoms. The summed E-state index contributed by atoms with van der Waals surface area (Å²) >= 11 is 0. The number of hydrogen-bond acceptors (Lipinski definition) is 4. The highest BCUT2D eigenvalue weighted by Gasteiger charge is 2.33. The van der Waals surface area contributed by atoms with Gasteiger partial charge in [-0.05, 0) is 35.9 Å². The number of alkyl halides is 3. The monoisotopic (exact) mass is 425 g/mol. The highest BCUT2D eigenvalue weighted by Crippen LogP contribution is 2.32. The molecule has 0 aromatic heterocycles. The highest BCUT2D eigenvalue weighted by molar-refractivity contribution is 7.89. The van der Waals surface area contributed by atoms with Gasteiger partial charge in [0.1, 0.15) is 0 Å². The van der Waals surface area contributed by atoms with Crippen LogP contribution in [0, 0.1) is 11.3 Å². The molecule has 0 fully saturated rings. The number of likely N-dealkylation sites (N-methyl/N-ethyl adjacent to an activating group) is 2. The average Bonchev–Trinajstić information content (AvgIpc) is 2.67. The van der Waals surface area contributed by atoms with Crippen LogP contribution in [0.25, 0.3) is 0 Å². The van der Waals surface area contributed by atoms with E-state index in [2.05, 4.69) is 0 Å². The van der Waals surface area contributed by atoms with Crippen molar-refractivity contribution in [3.63, 3.8) is 0 Å². The summed E-state index contributed by atoms with van der Waals surface area (Å²) < 4.78 is 65.2. The van der Waals surface area contributed by atoms with Gasteiger partial charge in [0.2, 0.25) is 15.9 Å². The van der Waals surface area contributed by atoms with Crippen LogP contribution in [-0.4, -0.2) is 44.2 Å². The first-order chi connectivity index (χ1) is 13.5. The van der Waals surface area contributed by atoms with E-state index in [1.54, 1.807) is 0 Å². The fourth-order valence-corrected chi connectivity index (χ4v) is 3.68. The van der Waals surface area contributed by atoms with Crippen molar-refractivity contribution in [2.24, 2.45) is 0 Å². The quantitative estimate of drug-likeness (QED) is 0.713. The van der Waals surface area contributed by atoms with Crippen LogP contribution < -0.4 is 0 Å². The van der Waals surface area contributed by atoms with Gasteiger partial charge in [-0.2, -0.15) is 22.7 Å². The number of benzene rings is 2. The van der Waals surface area contributed by atoms with Gasteiger partial charge in [-0.1, -0.05) is 18.2 Å². The maximum Gasteiger partial charge on any atom is 0.416 e. The molecule has 0 aliphatic carbocycles. The van der Waals surface area contributed by atoms with Crippen molar-refractivity contribution in [1.29, 1.82) is 5.26 Å². The van der Waals surface area contributed by atoms with Gasteiger partial charge >= 0.3 is 6.18 Å². The summed E-state index contributed by atoms with van der Waals surface area (Å²) in [5.41, 5.74) is -0.655. The van der Waals surface area contributed by atoms with Crippen LogP contribution in [0.4, 0.5) is 13.2 Å². The number of nitriles is 1. The maximum atomic E-state index is 13.1. The zero-order valence-electron chi connectivity index (χ0n) is 15.6. The molecule has 2 rings (SSSR count). The summed E-state index contributed by atoms with van der Waals surface area (Å²) in [4.78, 5) is 13.3. The molecule has 0 heterocycles. The molecule has 29 heavy (non-hydrogen) atoms. The van der Waals surface area contributed by atoms with Gasteiger partial charge < -0.3 is 4.90 Å². The van der Waals surface area contributed by atoms with E-state index in [1.807, 2.05) is 6.07 Å². The fraction of sp³-hybridized carbons (Fsp3) is 0.263. The maximum absolute atomic E-state index is 13.1. The van der Waals surface area contributed by atoms with Gasteiger partial charge in [0.15, 0.2) is 0 Å². The minimum absolute atomic E-state index is 0.0894. The van der Waals surface area contributed by atoms with Crippen molar-refractivity contribution in [3.8, 4) is 6.07 Å². The molecular weight excluding hydrogens is 407 g/mol. The number of sulfonamides is 1. The summed E-state index contributed by atoms with van der Waals surface area (Å²) in [6.07, 6.45) is -4.56. The van der Waals surface area contributed by atoms with E-state index in [9.17, 15) is 26.4 Å². The predicted molar refractivity (Wildman–Crippen MR) is 98.9 cm³/mol. The topological polar surface area (TPSA) is 81.5 Å². The summed E-state index contributed by atoms with van der Waals surface area (Å²) in [7, 11) is -1.50. The predicted octanol–water partition coefficient (Wildman–Crippen LogP) is 2.86. The first-order valence-electron chi connectivity index (χ1n) is 8.32. The molecule has 0 saturated carbocycles. The van der Waals surface area contributed by atoms with Crippen LogP contribution in [0.5, 0.6) is 0 Å². The number of hydrogen-bond donors (Lipinski definition) is 0. The van der Waals surface area contributed by atoms with E-state index in [0.29, 0.717) is 0 Å². The van der Waals surface area contributed by atoms with Crippen LogP contribution >= 0.6 is 0 Å². The molecule has 0 unspecified atom stereocenters. The van der Waals surface area contributed by atoms with Crippen LogP contribution in [0.3, 0.4) is 0 Å². The number of carbonyl (C=O) groups is 1. The lowest BCUT2D eigenvalue weighted by Crippen LogP contribution is -2.39. The Balaban J connectivity index is 2.12. The first kappa shape index (κ1) is 22.4.